The lowest BCUT2D eigenvalue weighted by Gasteiger charge is -2.41. The van der Waals surface area contributed by atoms with Crippen molar-refractivity contribution in [3.05, 3.63) is 68.5 Å². The van der Waals surface area contributed by atoms with E-state index >= 15 is 0 Å². The number of nitrogens with one attached hydrogen (secondary N) is 1. The van der Waals surface area contributed by atoms with Crippen LogP contribution in [-0.2, 0) is 4.74 Å². The molecular formula is C31H42ClN3O3. The molecule has 2 aromatic rings. The predicted molar refractivity (Wildman–Crippen MR) is 156 cm³/mol. The summed E-state index contributed by atoms with van der Waals surface area (Å²) in [5.41, 5.74) is 2.23. The summed E-state index contributed by atoms with van der Waals surface area (Å²) in [5.74, 6) is 0.334. The van der Waals surface area contributed by atoms with E-state index in [2.05, 4.69) is 23.0 Å². The fourth-order valence-electron chi connectivity index (χ4n) is 4.73. The van der Waals surface area contributed by atoms with Crippen LogP contribution >= 0.6 is 11.6 Å². The fourth-order valence-corrected chi connectivity index (χ4v) is 4.86. The van der Waals surface area contributed by atoms with Crippen molar-refractivity contribution in [3.63, 3.8) is 0 Å². The van der Waals surface area contributed by atoms with E-state index in [0.29, 0.717) is 34.7 Å². The smallest absolute Gasteiger partial charge is 0.253 e. The highest BCUT2D eigenvalue weighted by Gasteiger charge is 2.31. The molecule has 2 amide bonds. The number of hydrogen-bond donors (Lipinski definition) is 1. The predicted octanol–water partition coefficient (Wildman–Crippen LogP) is 4.21. The zero-order valence-electron chi connectivity index (χ0n) is 23.4. The molecule has 4 rings (SSSR count). The number of amides is 2. The van der Waals surface area contributed by atoms with Gasteiger partial charge in [-0.25, -0.2) is 0 Å². The van der Waals surface area contributed by atoms with Gasteiger partial charge in [-0.15, -0.1) is 0 Å². The number of halogens is 1. The Labute approximate surface area is 232 Å². The van der Waals surface area contributed by atoms with Crippen LogP contribution in [0.4, 0.5) is 0 Å². The standard InChI is InChI=1S/C29H36ClN3O3.C2H6/c1-19-8-13-26(28(34)31-14-20(2)36-25-6-5-7-25)21(3)27(19)18-32(4)15-22-16-33(17-22)29(35)23-9-11-24(30)12-10-23;1-2/h8-13,18,20,22,25H,1,5-7,14-17H2,2-4H3,(H,31,34);1-2H3/b27-18+;/t20-;/m1./s1. The van der Waals surface area contributed by atoms with Crippen LogP contribution < -0.4 is 15.8 Å². The maximum Gasteiger partial charge on any atom is 0.253 e. The first kappa shape index (κ1) is 29.7. The molecule has 0 bridgehead atoms. The molecule has 1 saturated carbocycles. The molecule has 1 atom stereocenters. The van der Waals surface area contributed by atoms with Gasteiger partial charge in [0.05, 0.1) is 12.2 Å². The molecule has 2 fully saturated rings. The number of nitrogens with zero attached hydrogens (tertiary/aromatic N) is 2. The summed E-state index contributed by atoms with van der Waals surface area (Å²) in [4.78, 5) is 29.5. The van der Waals surface area contributed by atoms with Crippen molar-refractivity contribution in [3.8, 4) is 0 Å². The quantitative estimate of drug-likeness (QED) is 0.518. The van der Waals surface area contributed by atoms with Gasteiger partial charge in [0.2, 0.25) is 0 Å². The Balaban J connectivity index is 0.00000195. The van der Waals surface area contributed by atoms with Gasteiger partial charge in [0.25, 0.3) is 11.8 Å². The number of hydrogen-bond acceptors (Lipinski definition) is 4. The maximum atomic E-state index is 12.9. The van der Waals surface area contributed by atoms with E-state index in [-0.39, 0.29) is 17.9 Å². The van der Waals surface area contributed by atoms with E-state index in [1.807, 2.05) is 51.8 Å². The molecule has 2 aromatic carbocycles. The molecule has 2 aliphatic rings. The lowest BCUT2D eigenvalue weighted by atomic mass is 9.96. The van der Waals surface area contributed by atoms with E-state index in [1.165, 1.54) is 6.42 Å². The second kappa shape index (κ2) is 13.8. The summed E-state index contributed by atoms with van der Waals surface area (Å²) < 4.78 is 5.94. The van der Waals surface area contributed by atoms with Crippen LogP contribution in [0.1, 0.15) is 66.3 Å². The van der Waals surface area contributed by atoms with Crippen molar-refractivity contribution in [2.45, 2.75) is 59.2 Å². The van der Waals surface area contributed by atoms with Gasteiger partial charge in [0.1, 0.15) is 0 Å². The molecular weight excluding hydrogens is 498 g/mol. The molecule has 1 aliphatic heterocycles. The Morgan fingerprint density at radius 1 is 1.18 bits per heavy atom. The average molecular weight is 540 g/mol. The van der Waals surface area contributed by atoms with Crippen LogP contribution in [0.15, 0.2) is 36.4 Å². The summed E-state index contributed by atoms with van der Waals surface area (Å²) in [6.45, 7) is 14.9. The van der Waals surface area contributed by atoms with Crippen LogP contribution in [0.5, 0.6) is 0 Å². The minimum atomic E-state index is -0.0933. The zero-order valence-corrected chi connectivity index (χ0v) is 24.2. The monoisotopic (exact) mass is 539 g/mol. The minimum absolute atomic E-state index is 0.00236. The Morgan fingerprint density at radius 2 is 1.84 bits per heavy atom. The topological polar surface area (TPSA) is 61.9 Å². The molecule has 38 heavy (non-hydrogen) atoms. The Hall–Kier alpha value is -2.83. The van der Waals surface area contributed by atoms with Crippen LogP contribution in [0.25, 0.3) is 12.8 Å². The van der Waals surface area contributed by atoms with E-state index in [0.717, 1.165) is 48.5 Å². The molecule has 1 heterocycles. The molecule has 0 spiro atoms. The highest BCUT2D eigenvalue weighted by atomic mass is 35.5. The third kappa shape index (κ3) is 7.61. The summed E-state index contributed by atoms with van der Waals surface area (Å²) >= 11 is 5.93. The van der Waals surface area contributed by atoms with Gasteiger partial charge >= 0.3 is 0 Å². The van der Waals surface area contributed by atoms with Crippen molar-refractivity contribution in [1.29, 1.82) is 0 Å². The first-order valence-corrected chi connectivity index (χ1v) is 14.1. The number of carbonyl (C=O) groups excluding carboxylic acids is 2. The lowest BCUT2D eigenvalue weighted by molar-refractivity contribution is -0.0412. The van der Waals surface area contributed by atoms with Gasteiger partial charge < -0.3 is 19.9 Å². The van der Waals surface area contributed by atoms with Crippen molar-refractivity contribution in [1.82, 2.24) is 15.1 Å². The normalized spacial score (nSPS) is 16.6. The summed E-state index contributed by atoms with van der Waals surface area (Å²) in [6.07, 6.45) is 5.87. The number of rotatable bonds is 9. The zero-order chi connectivity index (χ0) is 27.8. The van der Waals surface area contributed by atoms with Crippen molar-refractivity contribution in [2.24, 2.45) is 5.92 Å². The molecule has 0 aromatic heterocycles. The van der Waals surface area contributed by atoms with Crippen LogP contribution in [0.2, 0.25) is 5.02 Å². The van der Waals surface area contributed by atoms with Crippen LogP contribution in [0, 0.1) is 12.8 Å². The molecule has 1 saturated heterocycles. The third-order valence-corrected chi connectivity index (χ3v) is 7.36. The maximum absolute atomic E-state index is 12.9. The number of benzene rings is 2. The molecule has 7 heteroatoms. The van der Waals surface area contributed by atoms with E-state index < -0.39 is 0 Å². The summed E-state index contributed by atoms with van der Waals surface area (Å²) in [7, 11) is 2.02. The van der Waals surface area contributed by atoms with Gasteiger partial charge in [-0.1, -0.05) is 38.1 Å². The van der Waals surface area contributed by atoms with Crippen molar-refractivity contribution < 1.29 is 14.3 Å². The molecule has 6 nitrogen and oxygen atoms in total. The first-order chi connectivity index (χ1) is 18.2. The van der Waals surface area contributed by atoms with Gasteiger partial charge in [-0.3, -0.25) is 9.59 Å². The largest absolute Gasteiger partial charge is 0.380 e. The van der Waals surface area contributed by atoms with Gasteiger partial charge in [0, 0.05) is 66.7 Å². The second-order valence-corrected chi connectivity index (χ2v) is 10.6. The number of carbonyl (C=O) groups is 2. The Morgan fingerprint density at radius 3 is 2.45 bits per heavy atom. The first-order valence-electron chi connectivity index (χ1n) is 13.7. The highest BCUT2D eigenvalue weighted by Crippen LogP contribution is 2.23. The van der Waals surface area contributed by atoms with Gasteiger partial charge in [-0.05, 0) is 74.2 Å². The second-order valence-electron chi connectivity index (χ2n) is 10.2. The Kier molecular flexibility index (Phi) is 10.8. The fraction of sp³-hybridized carbons (Fsp3) is 0.484. The SMILES string of the molecule is C=c1ccc(C(=O)NC[C@@H](C)OC2CCC2)c(C)/c1=C/N(C)CC1CN(C(=O)c2ccc(Cl)cc2)C1.CC. The van der Waals surface area contributed by atoms with E-state index in [1.54, 1.807) is 24.3 Å². The molecule has 1 N–H and O–H groups in total. The molecule has 1 aliphatic carbocycles. The third-order valence-electron chi connectivity index (χ3n) is 7.11. The summed E-state index contributed by atoms with van der Waals surface area (Å²) in [5, 5.41) is 5.48. The molecule has 0 unspecified atom stereocenters. The van der Waals surface area contributed by atoms with Gasteiger partial charge in [0.15, 0.2) is 0 Å². The molecule has 206 valence electrons. The molecule has 0 radical (unpaired) electrons. The van der Waals surface area contributed by atoms with Crippen LogP contribution in [0.3, 0.4) is 0 Å². The van der Waals surface area contributed by atoms with Crippen LogP contribution in [-0.4, -0.2) is 67.0 Å². The average Bonchev–Trinajstić information content (AvgIpc) is 2.86. The lowest BCUT2D eigenvalue weighted by Crippen LogP contribution is -2.53. The van der Waals surface area contributed by atoms with E-state index in [9.17, 15) is 9.59 Å². The van der Waals surface area contributed by atoms with Crippen molar-refractivity contribution >= 4 is 36.2 Å². The highest BCUT2D eigenvalue weighted by molar-refractivity contribution is 6.30. The minimum Gasteiger partial charge on any atom is -0.380 e. The summed E-state index contributed by atoms with van der Waals surface area (Å²) in [6, 6.07) is 10.8. The van der Waals surface area contributed by atoms with Crippen molar-refractivity contribution in [2.75, 3.05) is 33.2 Å². The Bertz CT molecular complexity index is 1200. The van der Waals surface area contributed by atoms with Gasteiger partial charge in [-0.2, -0.15) is 0 Å². The number of likely N-dealkylation sites (tertiary alicyclic amines) is 1. The van der Waals surface area contributed by atoms with E-state index in [4.69, 9.17) is 16.3 Å². The number of ether oxygens (including phenoxy) is 1.